The number of nitrogens with zero attached hydrogens (tertiary/aromatic N) is 1. The van der Waals surface area contributed by atoms with Crippen molar-refractivity contribution < 1.29 is 31.1 Å². The third-order valence-corrected chi connectivity index (χ3v) is 2.67. The fourth-order valence-corrected chi connectivity index (χ4v) is 1.90. The van der Waals surface area contributed by atoms with E-state index in [-0.39, 0.29) is 5.56 Å². The first-order chi connectivity index (χ1) is 10.1. The molecule has 3 nitrogen and oxygen atoms in total. The molecule has 0 radical (unpaired) electrons. The van der Waals surface area contributed by atoms with Gasteiger partial charge >= 0.3 is 12.5 Å². The molecule has 1 aromatic heterocycles. The lowest BCUT2D eigenvalue weighted by Crippen LogP contribution is -2.18. The Kier molecular flexibility index (Phi) is 3.90. The van der Waals surface area contributed by atoms with Crippen LogP contribution in [-0.4, -0.2) is 11.3 Å². The lowest BCUT2D eigenvalue weighted by atomic mass is 9.99. The molecule has 0 spiro atoms. The maximum absolute atomic E-state index is 13.1. The summed E-state index contributed by atoms with van der Waals surface area (Å²) in [7, 11) is 0. The molecule has 22 heavy (non-hydrogen) atoms. The molecule has 0 aliphatic heterocycles. The summed E-state index contributed by atoms with van der Waals surface area (Å²) >= 11 is 0. The number of hydrogen-bond donors (Lipinski definition) is 1. The highest BCUT2D eigenvalue weighted by atomic mass is 19.4. The molecule has 0 fully saturated rings. The molecule has 1 aromatic carbocycles. The summed E-state index contributed by atoms with van der Waals surface area (Å²) in [5.41, 5.74) is 2.99. The Morgan fingerprint density at radius 2 is 1.55 bits per heavy atom. The van der Waals surface area contributed by atoms with Gasteiger partial charge < -0.3 is 10.5 Å². The summed E-state index contributed by atoms with van der Waals surface area (Å²) in [4.78, 5) is 3.33. The van der Waals surface area contributed by atoms with Gasteiger partial charge in [0.05, 0.1) is 0 Å². The quantitative estimate of drug-likeness (QED) is 0.841. The summed E-state index contributed by atoms with van der Waals surface area (Å²) in [6, 6.07) is 5.42. The van der Waals surface area contributed by atoms with E-state index < -0.39 is 35.2 Å². The van der Waals surface area contributed by atoms with Crippen molar-refractivity contribution in [2.24, 2.45) is 0 Å². The van der Waals surface area contributed by atoms with Crippen molar-refractivity contribution in [1.82, 2.24) is 4.98 Å². The summed E-state index contributed by atoms with van der Waals surface area (Å²) in [5, 5.41) is 0. The Bertz CT molecular complexity index is 681. The highest BCUT2D eigenvalue weighted by molar-refractivity contribution is 5.76. The summed E-state index contributed by atoms with van der Waals surface area (Å²) in [6.45, 7) is 0. The van der Waals surface area contributed by atoms with E-state index in [0.717, 1.165) is 24.4 Å². The van der Waals surface area contributed by atoms with Crippen LogP contribution in [0.5, 0.6) is 5.75 Å². The van der Waals surface area contributed by atoms with Crippen LogP contribution < -0.4 is 10.5 Å². The topological polar surface area (TPSA) is 48.1 Å². The maximum Gasteiger partial charge on any atom is 0.573 e. The first kappa shape index (κ1) is 15.9. The molecule has 0 unspecified atom stereocenters. The molecule has 2 aromatic rings. The predicted molar refractivity (Wildman–Crippen MR) is 65.8 cm³/mol. The Hall–Kier alpha value is -2.45. The van der Waals surface area contributed by atoms with E-state index >= 15 is 0 Å². The van der Waals surface area contributed by atoms with Crippen LogP contribution in [0.25, 0.3) is 11.1 Å². The molecule has 1 heterocycles. The number of ether oxygens (including phenoxy) is 1. The third kappa shape index (κ3) is 3.41. The molecule has 0 saturated heterocycles. The van der Waals surface area contributed by atoms with E-state index in [2.05, 4.69) is 9.72 Å². The number of benzene rings is 1. The fourth-order valence-electron chi connectivity index (χ4n) is 1.90. The minimum atomic E-state index is -5.03. The van der Waals surface area contributed by atoms with Crippen LogP contribution in [0.4, 0.5) is 32.2 Å². The van der Waals surface area contributed by atoms with Gasteiger partial charge in [0.15, 0.2) is 0 Å². The van der Waals surface area contributed by atoms with Crippen LogP contribution in [0.1, 0.15) is 5.56 Å². The van der Waals surface area contributed by atoms with E-state index in [1.54, 1.807) is 0 Å². The van der Waals surface area contributed by atoms with E-state index in [0.29, 0.717) is 0 Å². The zero-order chi connectivity index (χ0) is 16.5. The summed E-state index contributed by atoms with van der Waals surface area (Å²) < 4.78 is 80.1. The molecule has 0 amide bonds. The Labute approximate surface area is 120 Å². The number of alkyl halides is 6. The molecule has 2 N–H and O–H groups in total. The van der Waals surface area contributed by atoms with E-state index in [9.17, 15) is 26.3 Å². The second-order valence-electron chi connectivity index (χ2n) is 4.16. The molecule has 118 valence electrons. The van der Waals surface area contributed by atoms with Crippen molar-refractivity contribution in [1.29, 1.82) is 0 Å². The van der Waals surface area contributed by atoms with Gasteiger partial charge in [0.25, 0.3) is 0 Å². The number of nitrogen functional groups attached to an aromatic ring is 1. The molecule has 0 bridgehead atoms. The first-order valence-electron chi connectivity index (χ1n) is 5.76. The average molecular weight is 322 g/mol. The molecule has 0 saturated carbocycles. The van der Waals surface area contributed by atoms with Gasteiger partial charge in [-0.3, -0.25) is 0 Å². The predicted octanol–water partition coefficient (Wildman–Crippen LogP) is 4.25. The largest absolute Gasteiger partial charge is 0.573 e. The Morgan fingerprint density at radius 3 is 2.14 bits per heavy atom. The van der Waals surface area contributed by atoms with Gasteiger partial charge in [0.2, 0.25) is 0 Å². The number of halogens is 6. The highest BCUT2D eigenvalue weighted by Crippen LogP contribution is 2.43. The van der Waals surface area contributed by atoms with Gasteiger partial charge in [-0.15, -0.1) is 13.2 Å². The van der Waals surface area contributed by atoms with Crippen LogP contribution in [-0.2, 0) is 6.18 Å². The molecule has 0 atom stereocenters. The monoisotopic (exact) mass is 322 g/mol. The number of anilines is 1. The van der Waals surface area contributed by atoms with Crippen molar-refractivity contribution in [2.45, 2.75) is 12.5 Å². The molecular weight excluding hydrogens is 314 g/mol. The second kappa shape index (κ2) is 5.39. The number of aromatic nitrogens is 1. The molecular formula is C13H8F6N2O. The van der Waals surface area contributed by atoms with Crippen LogP contribution >= 0.6 is 0 Å². The van der Waals surface area contributed by atoms with Crippen LogP contribution in [0.3, 0.4) is 0 Å². The van der Waals surface area contributed by atoms with Gasteiger partial charge in [-0.05, 0) is 12.1 Å². The molecule has 0 aliphatic rings. The molecule has 9 heteroatoms. The van der Waals surface area contributed by atoms with Gasteiger partial charge in [-0.2, -0.15) is 13.2 Å². The molecule has 2 rings (SSSR count). The lowest BCUT2D eigenvalue weighted by molar-refractivity contribution is -0.274. The van der Waals surface area contributed by atoms with Crippen molar-refractivity contribution in [2.75, 3.05) is 5.73 Å². The number of rotatable bonds is 2. The van der Waals surface area contributed by atoms with Crippen LogP contribution in [0.2, 0.25) is 0 Å². The zero-order valence-electron chi connectivity index (χ0n) is 10.7. The van der Waals surface area contributed by atoms with Crippen LogP contribution in [0.15, 0.2) is 36.5 Å². The SMILES string of the molecule is Nc1nccc(-c2ccccc2OC(F)(F)F)c1C(F)(F)F. The van der Waals surface area contributed by atoms with Crippen molar-refractivity contribution in [3.63, 3.8) is 0 Å². The van der Waals surface area contributed by atoms with Gasteiger partial charge in [0, 0.05) is 17.3 Å². The van der Waals surface area contributed by atoms with Gasteiger partial charge in [0.1, 0.15) is 17.1 Å². The maximum atomic E-state index is 13.1. The van der Waals surface area contributed by atoms with E-state index in [1.807, 2.05) is 0 Å². The first-order valence-corrected chi connectivity index (χ1v) is 5.76. The Balaban J connectivity index is 2.66. The van der Waals surface area contributed by atoms with Gasteiger partial charge in [-0.25, -0.2) is 4.98 Å². The number of nitrogens with two attached hydrogens (primary N) is 1. The van der Waals surface area contributed by atoms with Gasteiger partial charge in [-0.1, -0.05) is 18.2 Å². The second-order valence-corrected chi connectivity index (χ2v) is 4.16. The van der Waals surface area contributed by atoms with Crippen molar-refractivity contribution >= 4 is 5.82 Å². The van der Waals surface area contributed by atoms with E-state index in [4.69, 9.17) is 5.73 Å². The smallest absolute Gasteiger partial charge is 0.405 e. The zero-order valence-corrected chi connectivity index (χ0v) is 10.7. The van der Waals surface area contributed by atoms with Crippen molar-refractivity contribution in [3.8, 4) is 16.9 Å². The highest BCUT2D eigenvalue weighted by Gasteiger charge is 2.38. The Morgan fingerprint density at radius 1 is 0.909 bits per heavy atom. The minimum Gasteiger partial charge on any atom is -0.405 e. The standard InChI is InChI=1S/C13H8F6N2O/c14-12(15,16)10-8(5-6-21-11(10)20)7-3-1-2-4-9(7)22-13(17,18)19/h1-6H,(H2,20,21). The minimum absolute atomic E-state index is 0.388. The van der Waals surface area contributed by atoms with E-state index in [1.165, 1.54) is 12.1 Å². The normalized spacial score (nSPS) is 12.3. The lowest BCUT2D eigenvalue weighted by Gasteiger charge is -2.17. The summed E-state index contributed by atoms with van der Waals surface area (Å²) in [5.74, 6) is -1.59. The van der Waals surface area contributed by atoms with Crippen molar-refractivity contribution in [3.05, 3.63) is 42.1 Å². The van der Waals surface area contributed by atoms with Crippen LogP contribution in [0, 0.1) is 0 Å². The number of pyridine rings is 1. The summed E-state index contributed by atoms with van der Waals surface area (Å²) in [6.07, 6.45) is -8.93. The third-order valence-electron chi connectivity index (χ3n) is 2.67. The average Bonchev–Trinajstić information content (AvgIpc) is 2.35. The molecule has 0 aliphatic carbocycles. The number of hydrogen-bond acceptors (Lipinski definition) is 3. The fraction of sp³-hybridized carbons (Fsp3) is 0.154. The number of para-hydroxylation sites is 1.